The van der Waals surface area contributed by atoms with Crippen LogP contribution < -0.4 is 5.73 Å². The molecule has 1 aromatic carbocycles. The van der Waals surface area contributed by atoms with E-state index in [9.17, 15) is 4.79 Å². The molecule has 3 nitrogen and oxygen atoms in total. The number of rotatable bonds is 2. The monoisotopic (exact) mass is 336 g/mol. The van der Waals surface area contributed by atoms with Gasteiger partial charge in [-0.25, -0.2) is 0 Å². The van der Waals surface area contributed by atoms with Crippen molar-refractivity contribution in [1.82, 2.24) is 4.90 Å². The fourth-order valence-electron chi connectivity index (χ4n) is 4.25. The number of carbonyl (C=O) groups excluding carboxylic acids is 1. The van der Waals surface area contributed by atoms with Crippen molar-refractivity contribution in [1.29, 1.82) is 0 Å². The lowest BCUT2D eigenvalue weighted by Gasteiger charge is -2.39. The van der Waals surface area contributed by atoms with E-state index in [0.29, 0.717) is 17.7 Å². The molecule has 4 unspecified atom stereocenters. The summed E-state index contributed by atoms with van der Waals surface area (Å²) in [6.07, 6.45) is 5.17. The second-order valence-corrected chi connectivity index (χ2v) is 7.19. The largest absolute Gasteiger partial charge is 0.342 e. The Balaban J connectivity index is 0.00000192. The van der Waals surface area contributed by atoms with E-state index >= 15 is 0 Å². The predicted octanol–water partition coefficient (Wildman–Crippen LogP) is 3.58. The zero-order valence-corrected chi connectivity index (χ0v) is 14.8. The lowest BCUT2D eigenvalue weighted by atomic mass is 9.80. The van der Waals surface area contributed by atoms with Crippen molar-refractivity contribution in [2.24, 2.45) is 17.6 Å². The summed E-state index contributed by atoms with van der Waals surface area (Å²) >= 11 is 0. The van der Waals surface area contributed by atoms with E-state index in [-0.39, 0.29) is 24.4 Å². The quantitative estimate of drug-likeness (QED) is 0.897. The normalized spacial score (nSPS) is 31.3. The van der Waals surface area contributed by atoms with E-state index in [1.807, 2.05) is 0 Å². The van der Waals surface area contributed by atoms with Crippen LogP contribution in [0.3, 0.4) is 0 Å². The molecule has 1 aliphatic carbocycles. The number of hydrogen-bond acceptors (Lipinski definition) is 2. The molecule has 2 aliphatic rings. The van der Waals surface area contributed by atoms with Crippen molar-refractivity contribution < 1.29 is 4.79 Å². The first-order chi connectivity index (χ1) is 10.6. The molecule has 4 atom stereocenters. The Morgan fingerprint density at radius 1 is 1.17 bits per heavy atom. The minimum Gasteiger partial charge on any atom is -0.342 e. The molecule has 23 heavy (non-hydrogen) atoms. The summed E-state index contributed by atoms with van der Waals surface area (Å²) in [4.78, 5) is 14.9. The third kappa shape index (κ3) is 4.27. The number of likely N-dealkylation sites (tertiary alicyclic amines) is 1. The number of hydrogen-bond donors (Lipinski definition) is 1. The van der Waals surface area contributed by atoms with Crippen LogP contribution in [0.25, 0.3) is 0 Å². The van der Waals surface area contributed by atoms with E-state index in [0.717, 1.165) is 45.2 Å². The first kappa shape index (κ1) is 18.3. The van der Waals surface area contributed by atoms with Crippen LogP contribution in [0.15, 0.2) is 30.3 Å². The fraction of sp³-hybridized carbons (Fsp3) is 0.632. The minimum absolute atomic E-state index is 0. The van der Waals surface area contributed by atoms with Crippen LogP contribution in [0.4, 0.5) is 0 Å². The molecule has 0 spiro atoms. The summed E-state index contributed by atoms with van der Waals surface area (Å²) in [6, 6.07) is 11.0. The van der Waals surface area contributed by atoms with Crippen molar-refractivity contribution in [2.75, 3.05) is 13.1 Å². The smallest absolute Gasteiger partial charge is 0.225 e. The number of halogens is 1. The highest BCUT2D eigenvalue weighted by Crippen LogP contribution is 2.34. The van der Waals surface area contributed by atoms with Gasteiger partial charge in [-0.3, -0.25) is 4.79 Å². The highest BCUT2D eigenvalue weighted by molar-refractivity contribution is 5.85. The molecule has 2 fully saturated rings. The van der Waals surface area contributed by atoms with Gasteiger partial charge in [-0.1, -0.05) is 43.7 Å². The number of nitrogens with two attached hydrogens (primary N) is 1. The molecule has 0 aromatic heterocycles. The zero-order valence-electron chi connectivity index (χ0n) is 14.0. The van der Waals surface area contributed by atoms with E-state index < -0.39 is 0 Å². The van der Waals surface area contributed by atoms with Gasteiger partial charge in [-0.15, -0.1) is 12.4 Å². The number of benzene rings is 1. The predicted molar refractivity (Wildman–Crippen MR) is 96.7 cm³/mol. The van der Waals surface area contributed by atoms with Gasteiger partial charge < -0.3 is 10.6 Å². The molecule has 128 valence electrons. The van der Waals surface area contributed by atoms with Crippen LogP contribution in [0.1, 0.15) is 50.5 Å². The van der Waals surface area contributed by atoms with Gasteiger partial charge in [0.1, 0.15) is 0 Å². The molecule has 1 saturated carbocycles. The number of amides is 1. The Morgan fingerprint density at radius 3 is 2.57 bits per heavy atom. The van der Waals surface area contributed by atoms with E-state index in [1.165, 1.54) is 5.56 Å². The van der Waals surface area contributed by atoms with Crippen LogP contribution >= 0.6 is 12.4 Å². The van der Waals surface area contributed by atoms with Crippen molar-refractivity contribution >= 4 is 18.3 Å². The first-order valence-corrected chi connectivity index (χ1v) is 8.74. The Kier molecular flexibility index (Phi) is 6.49. The lowest BCUT2D eigenvalue weighted by molar-refractivity contribution is -0.138. The average Bonchev–Trinajstić information content (AvgIpc) is 2.55. The number of carbonyl (C=O) groups is 1. The van der Waals surface area contributed by atoms with Crippen LogP contribution in [0, 0.1) is 11.8 Å². The number of piperidine rings is 1. The molecular weight excluding hydrogens is 308 g/mol. The molecule has 2 N–H and O–H groups in total. The average molecular weight is 337 g/mol. The van der Waals surface area contributed by atoms with Crippen molar-refractivity contribution in [3.8, 4) is 0 Å². The second-order valence-electron chi connectivity index (χ2n) is 7.19. The maximum Gasteiger partial charge on any atom is 0.225 e. The van der Waals surface area contributed by atoms with Crippen LogP contribution in [0.5, 0.6) is 0 Å². The lowest BCUT2D eigenvalue weighted by Crippen LogP contribution is -2.46. The van der Waals surface area contributed by atoms with Crippen molar-refractivity contribution in [3.63, 3.8) is 0 Å². The molecule has 3 rings (SSSR count). The Labute approximate surface area is 146 Å². The van der Waals surface area contributed by atoms with Gasteiger partial charge in [-0.05, 0) is 43.1 Å². The Hall–Kier alpha value is -1.06. The molecule has 1 saturated heterocycles. The van der Waals surface area contributed by atoms with Crippen molar-refractivity contribution in [2.45, 2.75) is 51.0 Å². The summed E-state index contributed by atoms with van der Waals surface area (Å²) in [6.45, 7) is 4.07. The highest BCUT2D eigenvalue weighted by atomic mass is 35.5. The maximum atomic E-state index is 12.8. The first-order valence-electron chi connectivity index (χ1n) is 8.74. The van der Waals surface area contributed by atoms with Gasteiger partial charge in [0.25, 0.3) is 0 Å². The number of nitrogens with zero attached hydrogens (tertiary/aromatic N) is 1. The van der Waals surface area contributed by atoms with E-state index in [1.54, 1.807) is 0 Å². The van der Waals surface area contributed by atoms with Gasteiger partial charge >= 0.3 is 0 Å². The zero-order chi connectivity index (χ0) is 15.5. The molecular formula is C19H29ClN2O. The van der Waals surface area contributed by atoms with Gasteiger partial charge in [0.15, 0.2) is 0 Å². The molecule has 4 heteroatoms. The molecule has 0 radical (unpaired) electrons. The van der Waals surface area contributed by atoms with Gasteiger partial charge in [0.05, 0.1) is 0 Å². The SMILES string of the molecule is CC1CN(C(=O)C2CCCC(N)C2)CCC1c1ccccc1.Cl. The Bertz CT molecular complexity index is 507. The molecule has 1 aromatic rings. The second kappa shape index (κ2) is 8.16. The molecule has 1 aliphatic heterocycles. The summed E-state index contributed by atoms with van der Waals surface area (Å²) < 4.78 is 0. The van der Waals surface area contributed by atoms with E-state index in [4.69, 9.17) is 5.73 Å². The van der Waals surface area contributed by atoms with Gasteiger partial charge in [-0.2, -0.15) is 0 Å². The van der Waals surface area contributed by atoms with Crippen LogP contribution in [-0.4, -0.2) is 29.9 Å². The topological polar surface area (TPSA) is 46.3 Å². The maximum absolute atomic E-state index is 12.8. The standard InChI is InChI=1S/C19H28N2O.ClH/c1-14-13-21(19(22)16-8-5-9-17(20)12-16)11-10-18(14)15-6-3-2-4-7-15;/h2-4,6-7,14,16-18H,5,8-13,20H2,1H3;1H. The Morgan fingerprint density at radius 2 is 1.91 bits per heavy atom. The van der Waals surface area contributed by atoms with Gasteiger partial charge in [0, 0.05) is 25.0 Å². The van der Waals surface area contributed by atoms with Gasteiger partial charge in [0.2, 0.25) is 5.91 Å². The summed E-state index contributed by atoms with van der Waals surface area (Å²) in [5, 5.41) is 0. The molecule has 0 bridgehead atoms. The van der Waals surface area contributed by atoms with Crippen molar-refractivity contribution in [3.05, 3.63) is 35.9 Å². The summed E-state index contributed by atoms with van der Waals surface area (Å²) in [7, 11) is 0. The summed E-state index contributed by atoms with van der Waals surface area (Å²) in [5.41, 5.74) is 7.47. The van der Waals surface area contributed by atoms with Crippen LogP contribution in [0.2, 0.25) is 0 Å². The highest BCUT2D eigenvalue weighted by Gasteiger charge is 2.34. The molecule has 1 amide bonds. The fourth-order valence-corrected chi connectivity index (χ4v) is 4.25. The third-order valence-corrected chi connectivity index (χ3v) is 5.51. The summed E-state index contributed by atoms with van der Waals surface area (Å²) in [5.74, 6) is 1.63. The van der Waals surface area contributed by atoms with E-state index in [2.05, 4.69) is 42.2 Å². The third-order valence-electron chi connectivity index (χ3n) is 5.51. The molecule has 1 heterocycles. The minimum atomic E-state index is 0. The van der Waals surface area contributed by atoms with Crippen LogP contribution in [-0.2, 0) is 4.79 Å².